The zero-order valence-electron chi connectivity index (χ0n) is 11.5. The van der Waals surface area contributed by atoms with Crippen LogP contribution in [0, 0.1) is 0 Å². The number of rotatable bonds is 3. The van der Waals surface area contributed by atoms with Crippen LogP contribution in [0.15, 0.2) is 12.7 Å². The minimum Gasteiger partial charge on any atom is -0.413 e. The van der Waals surface area contributed by atoms with E-state index in [1.165, 1.54) is 0 Å². The van der Waals surface area contributed by atoms with Crippen LogP contribution in [0.4, 0.5) is 0 Å². The van der Waals surface area contributed by atoms with E-state index in [0.717, 1.165) is 19.4 Å². The molecule has 0 amide bonds. The van der Waals surface area contributed by atoms with Gasteiger partial charge in [0.2, 0.25) is 0 Å². The summed E-state index contributed by atoms with van der Waals surface area (Å²) >= 11 is 0. The molecule has 1 N–H and O–H groups in total. The van der Waals surface area contributed by atoms with Crippen molar-refractivity contribution in [1.29, 1.82) is 0 Å². The topological polar surface area (TPSA) is 21.3 Å². The van der Waals surface area contributed by atoms with E-state index in [1.54, 1.807) is 0 Å². The van der Waals surface area contributed by atoms with Crippen LogP contribution in [0.2, 0.25) is 18.1 Å². The number of nitrogens with one attached hydrogen (secondary N) is 1. The van der Waals surface area contributed by atoms with E-state index in [2.05, 4.69) is 45.8 Å². The van der Waals surface area contributed by atoms with Crippen molar-refractivity contribution in [3.63, 3.8) is 0 Å². The third-order valence-electron chi connectivity index (χ3n) is 3.96. The molecule has 0 unspecified atom stereocenters. The summed E-state index contributed by atoms with van der Waals surface area (Å²) in [5.74, 6) is 0. The molecule has 3 heteroatoms. The van der Waals surface area contributed by atoms with Crippen LogP contribution >= 0.6 is 0 Å². The molecule has 0 radical (unpaired) electrons. The zero-order valence-corrected chi connectivity index (χ0v) is 12.5. The number of piperidine rings is 1. The predicted molar refractivity (Wildman–Crippen MR) is 73.3 cm³/mol. The smallest absolute Gasteiger partial charge is 0.192 e. The fourth-order valence-electron chi connectivity index (χ4n) is 1.75. The molecule has 94 valence electrons. The molecule has 1 aliphatic rings. The Kier molecular flexibility index (Phi) is 4.38. The predicted octanol–water partition coefficient (Wildman–Crippen LogP) is 3.31. The summed E-state index contributed by atoms with van der Waals surface area (Å²) in [5.41, 5.74) is 0. The molecule has 1 rings (SSSR count). The molecule has 0 saturated carbocycles. The Bertz CT molecular complexity index is 237. The molecule has 0 aliphatic carbocycles. The average Bonchev–Trinajstić information content (AvgIpc) is 2.16. The maximum absolute atomic E-state index is 6.38. The first-order valence-electron chi connectivity index (χ1n) is 6.30. The van der Waals surface area contributed by atoms with Gasteiger partial charge < -0.3 is 9.74 Å². The first-order valence-corrected chi connectivity index (χ1v) is 9.21. The van der Waals surface area contributed by atoms with E-state index >= 15 is 0 Å². The molecular formula is C13H27NOSi. The summed E-state index contributed by atoms with van der Waals surface area (Å²) in [6.45, 7) is 16.3. The van der Waals surface area contributed by atoms with Gasteiger partial charge >= 0.3 is 0 Å². The van der Waals surface area contributed by atoms with Gasteiger partial charge in [-0.1, -0.05) is 26.8 Å². The minimum atomic E-state index is -1.59. The highest BCUT2D eigenvalue weighted by atomic mass is 28.4. The highest BCUT2D eigenvalue weighted by Gasteiger charge is 2.39. The lowest BCUT2D eigenvalue weighted by Gasteiger charge is -2.41. The fraction of sp³-hybridized carbons (Fsp3) is 0.846. The Labute approximate surface area is 102 Å². The summed E-state index contributed by atoms with van der Waals surface area (Å²) in [6.07, 6.45) is 4.72. The average molecular weight is 241 g/mol. The van der Waals surface area contributed by atoms with Gasteiger partial charge in [-0.25, -0.2) is 0 Å². The van der Waals surface area contributed by atoms with Crippen LogP contribution in [0.3, 0.4) is 0 Å². The van der Waals surface area contributed by atoms with Crippen LogP contribution in [0.25, 0.3) is 0 Å². The normalized spacial score (nSPS) is 27.8. The third kappa shape index (κ3) is 3.44. The Balaban J connectivity index is 2.47. The van der Waals surface area contributed by atoms with Gasteiger partial charge in [-0.2, -0.15) is 0 Å². The van der Waals surface area contributed by atoms with Crippen LogP contribution in [0.5, 0.6) is 0 Å². The van der Waals surface area contributed by atoms with E-state index in [1.807, 2.05) is 6.08 Å². The summed E-state index contributed by atoms with van der Waals surface area (Å²) in [6, 6.07) is 0.485. The highest BCUT2D eigenvalue weighted by molar-refractivity contribution is 6.74. The summed E-state index contributed by atoms with van der Waals surface area (Å²) in [7, 11) is -1.59. The van der Waals surface area contributed by atoms with Gasteiger partial charge in [0.1, 0.15) is 0 Å². The monoisotopic (exact) mass is 241 g/mol. The molecule has 1 aliphatic heterocycles. The van der Waals surface area contributed by atoms with Gasteiger partial charge in [-0.15, -0.1) is 6.58 Å². The second-order valence-electron chi connectivity index (χ2n) is 6.33. The van der Waals surface area contributed by atoms with Gasteiger partial charge in [-0.3, -0.25) is 0 Å². The quantitative estimate of drug-likeness (QED) is 0.604. The Morgan fingerprint density at radius 1 is 1.31 bits per heavy atom. The van der Waals surface area contributed by atoms with Crippen LogP contribution < -0.4 is 5.32 Å². The zero-order chi connectivity index (χ0) is 12.4. The number of hydrogen-bond donors (Lipinski definition) is 1. The second kappa shape index (κ2) is 5.03. The van der Waals surface area contributed by atoms with Crippen molar-refractivity contribution in [3.05, 3.63) is 12.7 Å². The van der Waals surface area contributed by atoms with Crippen molar-refractivity contribution in [1.82, 2.24) is 5.32 Å². The fourth-order valence-corrected chi connectivity index (χ4v) is 3.14. The van der Waals surface area contributed by atoms with Crippen LogP contribution in [-0.4, -0.2) is 27.0 Å². The molecule has 0 aromatic heterocycles. The molecule has 2 nitrogen and oxygen atoms in total. The molecule has 0 aromatic rings. The molecule has 0 bridgehead atoms. The third-order valence-corrected chi connectivity index (χ3v) is 8.49. The van der Waals surface area contributed by atoms with Gasteiger partial charge in [0.15, 0.2) is 8.32 Å². The van der Waals surface area contributed by atoms with Crippen molar-refractivity contribution >= 4 is 8.32 Å². The Hall–Kier alpha value is -0.123. The van der Waals surface area contributed by atoms with Gasteiger partial charge in [0.05, 0.1) is 6.10 Å². The molecule has 0 aromatic carbocycles. The van der Waals surface area contributed by atoms with Crippen LogP contribution in [-0.2, 0) is 4.43 Å². The lowest BCUT2D eigenvalue weighted by atomic mass is 10.0. The number of hydrogen-bond acceptors (Lipinski definition) is 2. The Morgan fingerprint density at radius 3 is 2.31 bits per heavy atom. The van der Waals surface area contributed by atoms with Crippen molar-refractivity contribution in [2.45, 2.75) is 63.9 Å². The summed E-state index contributed by atoms with van der Waals surface area (Å²) in [5, 5.41) is 3.78. The molecule has 16 heavy (non-hydrogen) atoms. The SMILES string of the molecule is C=C[C@H]1CC[C@@H](O[Si](C)(C)C(C)(C)C)CN1. The molecule has 0 spiro atoms. The first-order chi connectivity index (χ1) is 7.26. The van der Waals surface area contributed by atoms with E-state index in [0.29, 0.717) is 17.2 Å². The molecule has 1 heterocycles. The first kappa shape index (κ1) is 13.9. The lowest BCUT2D eigenvalue weighted by molar-refractivity contribution is 0.140. The molecule has 1 saturated heterocycles. The standard InChI is InChI=1S/C13H27NOSi/c1-7-11-8-9-12(10-14-11)15-16(5,6)13(2,3)4/h7,11-12,14H,1,8-10H2,2-6H3/t11-,12+/m0/s1. The van der Waals surface area contributed by atoms with Crippen molar-refractivity contribution in [2.24, 2.45) is 0 Å². The van der Waals surface area contributed by atoms with Crippen molar-refractivity contribution in [2.75, 3.05) is 6.54 Å². The van der Waals surface area contributed by atoms with Gasteiger partial charge in [0.25, 0.3) is 0 Å². The molecular weight excluding hydrogens is 214 g/mol. The Morgan fingerprint density at radius 2 is 1.94 bits per heavy atom. The van der Waals surface area contributed by atoms with Crippen molar-refractivity contribution in [3.8, 4) is 0 Å². The largest absolute Gasteiger partial charge is 0.413 e. The van der Waals surface area contributed by atoms with Gasteiger partial charge in [-0.05, 0) is 31.0 Å². The highest BCUT2D eigenvalue weighted by Crippen LogP contribution is 2.37. The van der Waals surface area contributed by atoms with Crippen molar-refractivity contribution < 1.29 is 4.43 Å². The maximum Gasteiger partial charge on any atom is 0.192 e. The van der Waals surface area contributed by atoms with Crippen LogP contribution in [0.1, 0.15) is 33.6 Å². The summed E-state index contributed by atoms with van der Waals surface area (Å²) in [4.78, 5) is 0. The summed E-state index contributed by atoms with van der Waals surface area (Å²) < 4.78 is 6.38. The van der Waals surface area contributed by atoms with E-state index < -0.39 is 8.32 Å². The van der Waals surface area contributed by atoms with E-state index in [4.69, 9.17) is 4.43 Å². The minimum absolute atomic E-state index is 0.308. The van der Waals surface area contributed by atoms with Gasteiger partial charge in [0, 0.05) is 12.6 Å². The van der Waals surface area contributed by atoms with E-state index in [-0.39, 0.29) is 0 Å². The molecule has 2 atom stereocenters. The second-order valence-corrected chi connectivity index (χ2v) is 11.1. The lowest BCUT2D eigenvalue weighted by Crippen LogP contribution is -2.49. The van der Waals surface area contributed by atoms with E-state index in [9.17, 15) is 0 Å². The molecule has 1 fully saturated rings. The maximum atomic E-state index is 6.38.